The van der Waals surface area contributed by atoms with Crippen molar-refractivity contribution in [3.63, 3.8) is 0 Å². The number of likely N-dealkylation sites (tertiary alicyclic amines) is 1. The topological polar surface area (TPSA) is 132 Å². The van der Waals surface area contributed by atoms with Gasteiger partial charge in [-0.1, -0.05) is 13.8 Å². The number of urea groups is 1. The van der Waals surface area contributed by atoms with E-state index in [1.54, 1.807) is 11.1 Å². The fraction of sp³-hybridized carbons (Fsp3) is 0.577. The van der Waals surface area contributed by atoms with Crippen LogP contribution in [0.5, 0.6) is 0 Å². The molecule has 1 saturated carbocycles. The first-order valence-corrected chi connectivity index (χ1v) is 13.5. The summed E-state index contributed by atoms with van der Waals surface area (Å²) in [6.07, 6.45) is -0.731. The van der Waals surface area contributed by atoms with Crippen LogP contribution in [-0.4, -0.2) is 77.3 Å². The van der Waals surface area contributed by atoms with Crippen LogP contribution in [0.1, 0.15) is 52.4 Å². The fourth-order valence-electron chi connectivity index (χ4n) is 5.92. The number of nitrogens with zero attached hydrogens (tertiary/aromatic N) is 6. The highest BCUT2D eigenvalue weighted by molar-refractivity contribution is 6.03. The van der Waals surface area contributed by atoms with Gasteiger partial charge in [0, 0.05) is 50.6 Å². The Bertz CT molecular complexity index is 1480. The highest BCUT2D eigenvalue weighted by Gasteiger charge is 2.65. The summed E-state index contributed by atoms with van der Waals surface area (Å²) in [5.74, 6) is 0.894. The third kappa shape index (κ3) is 4.38. The summed E-state index contributed by atoms with van der Waals surface area (Å²) in [5.41, 5.74) is -1.79. The van der Waals surface area contributed by atoms with Crippen LogP contribution in [-0.2, 0) is 11.3 Å². The van der Waals surface area contributed by atoms with Crippen molar-refractivity contribution < 1.29 is 27.9 Å². The highest BCUT2D eigenvalue weighted by Crippen LogP contribution is 2.55. The number of H-pyrrole nitrogens is 1. The number of rotatable bonds is 5. The molecule has 1 spiro atoms. The van der Waals surface area contributed by atoms with E-state index < -0.39 is 36.2 Å². The molecule has 3 aromatic rings. The number of piperidine rings is 1. The summed E-state index contributed by atoms with van der Waals surface area (Å²) < 4.78 is 42.3. The third-order valence-corrected chi connectivity index (χ3v) is 8.16. The summed E-state index contributed by atoms with van der Waals surface area (Å²) in [6, 6.07) is 1.27. The number of carbonyl (C=O) groups is 2. The minimum absolute atomic E-state index is 0.0264. The maximum absolute atomic E-state index is 13.5. The number of hydrogen-bond acceptors (Lipinski definition) is 6. The normalized spacial score (nSPS) is 22.6. The van der Waals surface area contributed by atoms with Crippen LogP contribution in [0.15, 0.2) is 18.5 Å². The first-order valence-electron chi connectivity index (χ1n) is 13.5. The van der Waals surface area contributed by atoms with E-state index in [1.165, 1.54) is 11.1 Å². The van der Waals surface area contributed by atoms with Crippen molar-refractivity contribution in [1.82, 2.24) is 29.9 Å². The summed E-state index contributed by atoms with van der Waals surface area (Å²) in [4.78, 5) is 33.4. The molecular weight excluding hydrogens is 529 g/mol. The van der Waals surface area contributed by atoms with E-state index >= 15 is 0 Å². The Balaban J connectivity index is 1.28. The Morgan fingerprint density at radius 2 is 2.00 bits per heavy atom. The molecule has 214 valence electrons. The molecule has 3 amide bonds. The van der Waals surface area contributed by atoms with Crippen molar-refractivity contribution in [2.24, 2.45) is 5.92 Å². The van der Waals surface area contributed by atoms with Gasteiger partial charge in [0.1, 0.15) is 5.69 Å². The molecule has 3 aromatic heterocycles. The third-order valence-electron chi connectivity index (χ3n) is 8.16. The van der Waals surface area contributed by atoms with Crippen LogP contribution in [0.4, 0.5) is 29.5 Å². The number of anilines is 2. The number of aromatic nitrogens is 5. The Morgan fingerprint density at radius 1 is 1.23 bits per heavy atom. The second kappa shape index (κ2) is 9.18. The van der Waals surface area contributed by atoms with Gasteiger partial charge < -0.3 is 15.3 Å². The van der Waals surface area contributed by atoms with Gasteiger partial charge in [-0.15, -0.1) is 0 Å². The molecule has 5 heterocycles. The average Bonchev–Trinajstić information content (AvgIpc) is 3.20. The van der Waals surface area contributed by atoms with Crippen LogP contribution in [0, 0.1) is 5.92 Å². The Labute approximate surface area is 227 Å². The molecule has 40 heavy (non-hydrogen) atoms. The van der Waals surface area contributed by atoms with Gasteiger partial charge in [0.2, 0.25) is 5.91 Å². The van der Waals surface area contributed by atoms with Crippen LogP contribution in [0.2, 0.25) is 0 Å². The largest absolute Gasteiger partial charge is 0.417 e. The van der Waals surface area contributed by atoms with Crippen LogP contribution >= 0.6 is 0 Å². The molecule has 1 unspecified atom stereocenters. The monoisotopic (exact) mass is 560 g/mol. The summed E-state index contributed by atoms with van der Waals surface area (Å²) in [5, 5.41) is 25.5. The zero-order chi connectivity index (χ0) is 28.4. The minimum Gasteiger partial charge on any atom is -0.380 e. The van der Waals surface area contributed by atoms with Gasteiger partial charge in [0.05, 0.1) is 28.5 Å². The molecule has 3 N–H and O–H groups in total. The molecule has 0 aromatic carbocycles. The van der Waals surface area contributed by atoms with Crippen LogP contribution < -0.4 is 10.2 Å². The molecule has 14 heteroatoms. The van der Waals surface area contributed by atoms with E-state index in [-0.39, 0.29) is 18.4 Å². The van der Waals surface area contributed by atoms with E-state index in [2.05, 4.69) is 34.3 Å². The van der Waals surface area contributed by atoms with E-state index in [1.807, 2.05) is 10.7 Å². The van der Waals surface area contributed by atoms with Gasteiger partial charge in [0.15, 0.2) is 11.4 Å². The van der Waals surface area contributed by atoms with Crippen LogP contribution in [0.25, 0.3) is 22.3 Å². The Hall–Kier alpha value is -3.68. The molecule has 0 bridgehead atoms. The first-order chi connectivity index (χ1) is 18.9. The summed E-state index contributed by atoms with van der Waals surface area (Å²) in [7, 11) is 0. The summed E-state index contributed by atoms with van der Waals surface area (Å²) in [6.45, 7) is 5.15. The lowest BCUT2D eigenvalue weighted by atomic mass is 9.84. The molecule has 11 nitrogen and oxygen atoms in total. The van der Waals surface area contributed by atoms with Crippen LogP contribution in [0.3, 0.4) is 0 Å². The molecule has 6 rings (SSSR count). The SMILES string of the molecule is CC(C)Cn1nc(N2CCCC2=O)c2cnc(-c3[nH]ncc3NC(=O)N3CCC(O)(C(F)(F)F)CC34CC4)cc21. The van der Waals surface area contributed by atoms with Crippen molar-refractivity contribution in [2.75, 3.05) is 23.3 Å². The average molecular weight is 561 g/mol. The zero-order valence-corrected chi connectivity index (χ0v) is 22.3. The van der Waals surface area contributed by atoms with Crippen molar-refractivity contribution in [3.05, 3.63) is 18.5 Å². The number of amides is 3. The number of hydrogen-bond donors (Lipinski definition) is 3. The fourth-order valence-corrected chi connectivity index (χ4v) is 5.92. The molecular formula is C26H31F3N8O3. The van der Waals surface area contributed by atoms with Crippen molar-refractivity contribution in [1.29, 1.82) is 0 Å². The number of nitrogens with one attached hydrogen (secondary N) is 2. The minimum atomic E-state index is -4.75. The smallest absolute Gasteiger partial charge is 0.380 e. The second-order valence-corrected chi connectivity index (χ2v) is 11.6. The molecule has 2 aliphatic heterocycles. The predicted octanol–water partition coefficient (Wildman–Crippen LogP) is 4.06. The first kappa shape index (κ1) is 26.5. The number of carbonyl (C=O) groups excluding carboxylic acids is 2. The molecule has 1 atom stereocenters. The quantitative estimate of drug-likeness (QED) is 0.431. The molecule has 1 aliphatic carbocycles. The molecule has 3 fully saturated rings. The van der Waals surface area contributed by atoms with Gasteiger partial charge in [-0.2, -0.15) is 23.4 Å². The second-order valence-electron chi connectivity index (χ2n) is 11.6. The lowest BCUT2D eigenvalue weighted by Crippen LogP contribution is -2.60. The standard InChI is InChI=1S/C26H31F3N8O3/c1-15(2)13-37-19-10-17(30-11-16(19)22(34-37)35-8-3-4-20(35)38)21-18(12-31-33-21)32-23(39)36-9-7-25(40,26(27,28)29)14-24(36)5-6-24/h10-12,15,40H,3-9,13-14H2,1-2H3,(H,31,33)(H,32,39). The lowest BCUT2D eigenvalue weighted by Gasteiger charge is -2.45. The van der Waals surface area contributed by atoms with E-state index in [0.717, 1.165) is 17.3 Å². The maximum atomic E-state index is 13.5. The zero-order valence-electron chi connectivity index (χ0n) is 22.3. The van der Waals surface area contributed by atoms with E-state index in [4.69, 9.17) is 5.10 Å². The van der Waals surface area contributed by atoms with Gasteiger partial charge in [-0.05, 0) is 31.2 Å². The number of aliphatic hydroxyl groups is 1. The van der Waals surface area contributed by atoms with Gasteiger partial charge >= 0.3 is 12.2 Å². The van der Waals surface area contributed by atoms with Crippen molar-refractivity contribution >= 4 is 34.3 Å². The van der Waals surface area contributed by atoms with Gasteiger partial charge in [-0.25, -0.2) is 4.79 Å². The van der Waals surface area contributed by atoms with Gasteiger partial charge in [-0.3, -0.25) is 24.5 Å². The summed E-state index contributed by atoms with van der Waals surface area (Å²) >= 11 is 0. The number of alkyl halides is 3. The van der Waals surface area contributed by atoms with E-state index in [9.17, 15) is 27.9 Å². The molecule has 0 radical (unpaired) electrons. The Morgan fingerprint density at radius 3 is 2.65 bits per heavy atom. The number of aromatic amines is 1. The highest BCUT2D eigenvalue weighted by atomic mass is 19.4. The molecule has 3 aliphatic rings. The lowest BCUT2D eigenvalue weighted by molar-refractivity contribution is -0.277. The van der Waals surface area contributed by atoms with E-state index in [0.29, 0.717) is 55.2 Å². The number of pyridine rings is 1. The predicted molar refractivity (Wildman–Crippen MR) is 139 cm³/mol. The number of halogens is 3. The Kier molecular flexibility index (Phi) is 6.09. The van der Waals surface area contributed by atoms with Crippen molar-refractivity contribution in [3.8, 4) is 11.4 Å². The van der Waals surface area contributed by atoms with Crippen molar-refractivity contribution in [2.45, 2.75) is 76.2 Å². The number of fused-ring (bicyclic) bond motifs is 1. The van der Waals surface area contributed by atoms with Gasteiger partial charge in [0.25, 0.3) is 0 Å². The molecule has 2 saturated heterocycles. The maximum Gasteiger partial charge on any atom is 0.417 e.